The topological polar surface area (TPSA) is 86.6 Å². The van der Waals surface area contributed by atoms with E-state index in [4.69, 9.17) is 33.0 Å². The van der Waals surface area contributed by atoms with Crippen LogP contribution in [0.5, 0.6) is 0 Å². The summed E-state index contributed by atoms with van der Waals surface area (Å²) < 4.78 is 30.4. The number of hydrogen-bond donors (Lipinski definition) is 3. The molecule has 0 atom stereocenters. The van der Waals surface area contributed by atoms with Crippen LogP contribution in [0, 0.1) is 0 Å². The predicted molar refractivity (Wildman–Crippen MR) is 51.7 cm³/mol. The summed E-state index contributed by atoms with van der Waals surface area (Å²) in [5, 5.41) is 7.95. The maximum atomic E-state index is 10.8. The van der Waals surface area contributed by atoms with Crippen LogP contribution in [-0.4, -0.2) is 18.2 Å². The van der Waals surface area contributed by atoms with Gasteiger partial charge in [-0.1, -0.05) is 23.2 Å². The molecule has 0 heterocycles. The van der Waals surface area contributed by atoms with Crippen molar-refractivity contribution < 1.29 is 18.2 Å². The minimum absolute atomic E-state index is 0.0660. The fourth-order valence-corrected chi connectivity index (χ4v) is 2.50. The monoisotopic (exact) mass is 257 g/mol. The molecule has 3 N–H and O–H groups in total. The van der Waals surface area contributed by atoms with Crippen molar-refractivity contribution >= 4 is 39.0 Å². The Balaban J connectivity index is 3.57. The first kappa shape index (κ1) is 11.5. The molecule has 0 aromatic heterocycles. The van der Waals surface area contributed by atoms with Crippen molar-refractivity contribution in [3.8, 4) is 0 Å². The molecule has 0 saturated heterocycles. The van der Waals surface area contributed by atoms with Crippen LogP contribution in [0.15, 0.2) is 17.0 Å². The van der Waals surface area contributed by atoms with Crippen molar-refractivity contribution in [3.63, 3.8) is 0 Å². The third-order valence-electron chi connectivity index (χ3n) is 1.43. The van der Waals surface area contributed by atoms with Gasteiger partial charge in [-0.3, -0.25) is 15.2 Å². The molecule has 0 aliphatic rings. The Labute approximate surface area is 90.0 Å². The molecule has 14 heavy (non-hydrogen) atoms. The van der Waals surface area contributed by atoms with E-state index in [2.05, 4.69) is 0 Å². The van der Waals surface area contributed by atoms with E-state index in [9.17, 15) is 8.42 Å². The Morgan fingerprint density at radius 2 is 1.86 bits per heavy atom. The van der Waals surface area contributed by atoms with E-state index in [1.54, 1.807) is 5.48 Å². The van der Waals surface area contributed by atoms with Crippen LogP contribution in [0.3, 0.4) is 0 Å². The fraction of sp³-hybridized carbons (Fsp3) is 0. The summed E-state index contributed by atoms with van der Waals surface area (Å²) in [5.41, 5.74) is 1.60. The van der Waals surface area contributed by atoms with Crippen molar-refractivity contribution in [1.82, 2.24) is 0 Å². The molecule has 0 aliphatic heterocycles. The van der Waals surface area contributed by atoms with Crippen LogP contribution in [0.1, 0.15) is 0 Å². The summed E-state index contributed by atoms with van der Waals surface area (Å²) in [6.45, 7) is 0. The third-order valence-corrected chi connectivity index (χ3v) is 3.30. The summed E-state index contributed by atoms with van der Waals surface area (Å²) in [6.07, 6.45) is 0. The van der Waals surface area contributed by atoms with Crippen molar-refractivity contribution in [2.75, 3.05) is 5.48 Å². The van der Waals surface area contributed by atoms with Crippen LogP contribution in [0.25, 0.3) is 0 Å². The molecule has 1 aromatic rings. The zero-order valence-electron chi connectivity index (χ0n) is 6.53. The second-order valence-corrected chi connectivity index (χ2v) is 4.47. The van der Waals surface area contributed by atoms with Gasteiger partial charge in [0.25, 0.3) is 10.1 Å². The van der Waals surface area contributed by atoms with Gasteiger partial charge < -0.3 is 0 Å². The maximum Gasteiger partial charge on any atom is 0.297 e. The van der Waals surface area contributed by atoms with E-state index in [1.165, 1.54) is 12.1 Å². The average Bonchev–Trinajstić information content (AvgIpc) is 2.02. The van der Waals surface area contributed by atoms with Crippen LogP contribution in [0.4, 0.5) is 5.69 Å². The summed E-state index contributed by atoms with van der Waals surface area (Å²) in [4.78, 5) is -0.639. The van der Waals surface area contributed by atoms with Gasteiger partial charge in [-0.05, 0) is 12.1 Å². The fourth-order valence-electron chi connectivity index (χ4n) is 0.855. The molecule has 1 aromatic carbocycles. The molecular weight excluding hydrogens is 253 g/mol. The Hall–Kier alpha value is -0.530. The molecule has 5 nitrogen and oxygen atoms in total. The highest BCUT2D eigenvalue weighted by Crippen LogP contribution is 2.34. The molecule has 0 radical (unpaired) electrons. The summed E-state index contributed by atoms with van der Waals surface area (Å²) in [6, 6.07) is 2.44. The van der Waals surface area contributed by atoms with Crippen molar-refractivity contribution in [2.45, 2.75) is 4.90 Å². The Bertz CT molecular complexity index is 459. The lowest BCUT2D eigenvalue weighted by Crippen LogP contribution is -2.02. The van der Waals surface area contributed by atoms with Gasteiger partial charge in [0.1, 0.15) is 4.90 Å². The van der Waals surface area contributed by atoms with Gasteiger partial charge in [-0.2, -0.15) is 8.42 Å². The first-order chi connectivity index (χ1) is 6.38. The molecule has 0 spiro atoms. The SMILES string of the molecule is O=S(=O)(O)c1c(Cl)ccc(NO)c1Cl. The molecule has 0 bridgehead atoms. The lowest BCUT2D eigenvalue weighted by molar-refractivity contribution is 0.389. The van der Waals surface area contributed by atoms with Gasteiger partial charge in [-0.15, -0.1) is 0 Å². The lowest BCUT2D eigenvalue weighted by Gasteiger charge is -2.07. The quantitative estimate of drug-likeness (QED) is 0.558. The van der Waals surface area contributed by atoms with E-state index in [-0.39, 0.29) is 15.7 Å². The molecule has 78 valence electrons. The van der Waals surface area contributed by atoms with Gasteiger partial charge in [0, 0.05) is 0 Å². The highest BCUT2D eigenvalue weighted by Gasteiger charge is 2.21. The van der Waals surface area contributed by atoms with Crippen molar-refractivity contribution in [3.05, 3.63) is 22.2 Å². The summed E-state index contributed by atoms with van der Waals surface area (Å²) in [7, 11) is -4.51. The zero-order valence-corrected chi connectivity index (χ0v) is 8.86. The number of benzene rings is 1. The first-order valence-electron chi connectivity index (χ1n) is 3.23. The van der Waals surface area contributed by atoms with Crippen molar-refractivity contribution in [1.29, 1.82) is 0 Å². The van der Waals surface area contributed by atoms with Gasteiger partial charge in [-0.25, -0.2) is 0 Å². The van der Waals surface area contributed by atoms with Gasteiger partial charge in [0.15, 0.2) is 0 Å². The first-order valence-corrected chi connectivity index (χ1v) is 5.43. The molecule has 0 unspecified atom stereocenters. The molecule has 0 fully saturated rings. The minimum atomic E-state index is -4.51. The molecule has 0 aliphatic carbocycles. The normalized spacial score (nSPS) is 11.4. The average molecular weight is 258 g/mol. The van der Waals surface area contributed by atoms with Crippen LogP contribution in [0.2, 0.25) is 10.0 Å². The highest BCUT2D eigenvalue weighted by molar-refractivity contribution is 7.86. The zero-order chi connectivity index (χ0) is 10.9. The van der Waals surface area contributed by atoms with Crippen LogP contribution < -0.4 is 5.48 Å². The van der Waals surface area contributed by atoms with Gasteiger partial charge >= 0.3 is 0 Å². The Morgan fingerprint density at radius 1 is 1.29 bits per heavy atom. The lowest BCUT2D eigenvalue weighted by atomic mass is 10.3. The van der Waals surface area contributed by atoms with E-state index >= 15 is 0 Å². The third kappa shape index (κ3) is 2.10. The van der Waals surface area contributed by atoms with E-state index < -0.39 is 15.0 Å². The number of anilines is 1. The smallest absolute Gasteiger partial charge is 0.291 e. The summed E-state index contributed by atoms with van der Waals surface area (Å²) in [5.74, 6) is 0. The largest absolute Gasteiger partial charge is 0.297 e. The molecule has 0 amide bonds. The molecular formula is C6H5Cl2NO4S. The second kappa shape index (κ2) is 3.92. The second-order valence-electron chi connectivity index (χ2n) is 2.32. The van der Waals surface area contributed by atoms with Gasteiger partial charge in [0.05, 0.1) is 15.7 Å². The highest BCUT2D eigenvalue weighted by atomic mass is 35.5. The van der Waals surface area contributed by atoms with Crippen LogP contribution in [-0.2, 0) is 10.1 Å². The number of nitrogens with one attached hydrogen (secondary N) is 1. The summed E-state index contributed by atoms with van der Waals surface area (Å²) >= 11 is 11.1. The standard InChI is InChI=1S/C6H5Cl2NO4S/c7-3-1-2-4(9-10)5(8)6(3)14(11,12)13/h1-2,9-10H,(H,11,12,13). The van der Waals surface area contributed by atoms with Crippen LogP contribution >= 0.6 is 23.2 Å². The van der Waals surface area contributed by atoms with E-state index in [1.807, 2.05) is 0 Å². The Morgan fingerprint density at radius 3 is 2.29 bits per heavy atom. The minimum Gasteiger partial charge on any atom is -0.291 e. The molecule has 8 heteroatoms. The predicted octanol–water partition coefficient (Wildman–Crippen LogP) is 2.04. The molecule has 0 saturated carbocycles. The number of hydrogen-bond acceptors (Lipinski definition) is 4. The number of rotatable bonds is 2. The maximum absolute atomic E-state index is 10.8. The molecule has 1 rings (SSSR count). The van der Waals surface area contributed by atoms with Gasteiger partial charge in [0.2, 0.25) is 0 Å². The Kier molecular flexibility index (Phi) is 3.23. The van der Waals surface area contributed by atoms with E-state index in [0.717, 1.165) is 0 Å². The van der Waals surface area contributed by atoms with Crippen molar-refractivity contribution in [2.24, 2.45) is 0 Å². The van der Waals surface area contributed by atoms with E-state index in [0.29, 0.717) is 0 Å². The number of halogens is 2.